The van der Waals surface area contributed by atoms with Gasteiger partial charge in [0.15, 0.2) is 0 Å². The fraction of sp³-hybridized carbons (Fsp3) is 0.526. The number of fused-ring (bicyclic) bond motifs is 1. The third kappa shape index (κ3) is 2.69. The summed E-state index contributed by atoms with van der Waals surface area (Å²) >= 11 is 0. The van der Waals surface area contributed by atoms with Crippen LogP contribution in [0.15, 0.2) is 36.7 Å². The number of pyridine rings is 1. The van der Waals surface area contributed by atoms with E-state index in [-0.39, 0.29) is 11.5 Å². The van der Waals surface area contributed by atoms with Crippen molar-refractivity contribution in [1.29, 1.82) is 0 Å². The van der Waals surface area contributed by atoms with Crippen molar-refractivity contribution < 1.29 is 0 Å². The number of nitrogens with zero attached hydrogens (tertiary/aromatic N) is 1. The maximum Gasteiger partial charge on any atom is 0.0358 e. The van der Waals surface area contributed by atoms with Gasteiger partial charge >= 0.3 is 0 Å². The van der Waals surface area contributed by atoms with Gasteiger partial charge < -0.3 is 5.73 Å². The lowest BCUT2D eigenvalue weighted by atomic mass is 9.70. The highest BCUT2D eigenvalue weighted by Gasteiger charge is 2.40. The van der Waals surface area contributed by atoms with Gasteiger partial charge in [0.05, 0.1) is 0 Å². The van der Waals surface area contributed by atoms with Crippen molar-refractivity contribution in [2.24, 2.45) is 17.1 Å². The highest BCUT2D eigenvalue weighted by atomic mass is 14.7. The summed E-state index contributed by atoms with van der Waals surface area (Å²) in [7, 11) is 0. The Bertz CT molecular complexity index is 606. The van der Waals surface area contributed by atoms with Crippen molar-refractivity contribution in [2.75, 3.05) is 0 Å². The van der Waals surface area contributed by atoms with Gasteiger partial charge in [-0.1, -0.05) is 44.9 Å². The fourth-order valence-corrected chi connectivity index (χ4v) is 4.27. The number of nitrogens with two attached hydrogens (primary N) is 1. The zero-order valence-electron chi connectivity index (χ0n) is 13.2. The van der Waals surface area contributed by atoms with Crippen LogP contribution in [-0.4, -0.2) is 4.98 Å². The van der Waals surface area contributed by atoms with Crippen LogP contribution in [0.1, 0.15) is 57.6 Å². The summed E-state index contributed by atoms with van der Waals surface area (Å²) in [5.41, 5.74) is 8.38. The normalized spacial score (nSPS) is 19.2. The van der Waals surface area contributed by atoms with Crippen molar-refractivity contribution in [3.05, 3.63) is 42.2 Å². The molecule has 1 heterocycles. The van der Waals surface area contributed by atoms with Crippen LogP contribution in [0, 0.1) is 11.3 Å². The summed E-state index contributed by atoms with van der Waals surface area (Å²) in [5.74, 6) is 0.697. The summed E-state index contributed by atoms with van der Waals surface area (Å²) in [6.45, 7) is 4.63. The zero-order chi connectivity index (χ0) is 14.9. The predicted molar refractivity (Wildman–Crippen MR) is 89.0 cm³/mol. The molecule has 2 N–H and O–H groups in total. The van der Waals surface area contributed by atoms with Crippen molar-refractivity contribution in [1.82, 2.24) is 4.98 Å². The van der Waals surface area contributed by atoms with E-state index >= 15 is 0 Å². The number of aromatic nitrogens is 1. The quantitative estimate of drug-likeness (QED) is 0.871. The van der Waals surface area contributed by atoms with E-state index in [9.17, 15) is 0 Å². The average molecular weight is 282 g/mol. The molecule has 2 aromatic rings. The third-order valence-corrected chi connectivity index (χ3v) is 5.13. The molecule has 1 atom stereocenters. The molecule has 1 aromatic heterocycles. The standard InChI is InChI=1S/C19H26N2/c1-14(2)12-19(9-3-4-10-19)18(20)16-7-5-6-15-8-11-21-13-17(15)16/h5-8,11,13-14,18H,3-4,9-10,12,20H2,1-2H3. The summed E-state index contributed by atoms with van der Waals surface area (Å²) < 4.78 is 0. The second-order valence-corrected chi connectivity index (χ2v) is 7.09. The zero-order valence-corrected chi connectivity index (χ0v) is 13.2. The molecule has 1 aliphatic carbocycles. The monoisotopic (exact) mass is 282 g/mol. The van der Waals surface area contributed by atoms with Crippen LogP contribution in [0.5, 0.6) is 0 Å². The van der Waals surface area contributed by atoms with Crippen molar-refractivity contribution in [3.63, 3.8) is 0 Å². The van der Waals surface area contributed by atoms with Crippen LogP contribution in [0.25, 0.3) is 10.8 Å². The van der Waals surface area contributed by atoms with Crippen molar-refractivity contribution >= 4 is 10.8 Å². The molecule has 3 rings (SSSR count). The van der Waals surface area contributed by atoms with Gasteiger partial charge in [0, 0.05) is 23.8 Å². The number of rotatable bonds is 4. The lowest BCUT2D eigenvalue weighted by molar-refractivity contribution is 0.184. The first kappa shape index (κ1) is 14.5. The number of hydrogen-bond donors (Lipinski definition) is 1. The van der Waals surface area contributed by atoms with Gasteiger partial charge in [-0.25, -0.2) is 0 Å². The summed E-state index contributed by atoms with van der Waals surface area (Å²) in [6, 6.07) is 8.69. The second-order valence-electron chi connectivity index (χ2n) is 7.09. The maximum atomic E-state index is 6.82. The van der Waals surface area contributed by atoms with Gasteiger partial charge in [0.1, 0.15) is 0 Å². The van der Waals surface area contributed by atoms with Gasteiger partial charge in [-0.05, 0) is 47.6 Å². The molecule has 2 nitrogen and oxygen atoms in total. The van der Waals surface area contributed by atoms with Crippen LogP contribution in [0.3, 0.4) is 0 Å². The topological polar surface area (TPSA) is 38.9 Å². The molecular weight excluding hydrogens is 256 g/mol. The molecule has 1 fully saturated rings. The Morgan fingerprint density at radius 2 is 1.95 bits per heavy atom. The van der Waals surface area contributed by atoms with Crippen molar-refractivity contribution in [3.8, 4) is 0 Å². The molecule has 0 saturated heterocycles. The van der Waals surface area contributed by atoms with Gasteiger partial charge in [-0.3, -0.25) is 4.98 Å². The van der Waals surface area contributed by atoms with Crippen LogP contribution in [-0.2, 0) is 0 Å². The maximum absolute atomic E-state index is 6.82. The Labute approximate surface area is 127 Å². The predicted octanol–water partition coefficient (Wildman–Crippen LogP) is 4.84. The average Bonchev–Trinajstić information content (AvgIpc) is 2.95. The summed E-state index contributed by atoms with van der Waals surface area (Å²) in [6.07, 6.45) is 10.2. The van der Waals surface area contributed by atoms with E-state index in [4.69, 9.17) is 5.73 Å². The Hall–Kier alpha value is -1.41. The fourth-order valence-electron chi connectivity index (χ4n) is 4.27. The Kier molecular flexibility index (Phi) is 3.99. The molecule has 0 aliphatic heterocycles. The Morgan fingerprint density at radius 3 is 2.67 bits per heavy atom. The van der Waals surface area contributed by atoms with E-state index in [0.717, 1.165) is 0 Å². The van der Waals surface area contributed by atoms with Crippen molar-refractivity contribution in [2.45, 2.75) is 52.0 Å². The van der Waals surface area contributed by atoms with Gasteiger partial charge in [-0.2, -0.15) is 0 Å². The molecule has 112 valence electrons. The lowest BCUT2D eigenvalue weighted by Crippen LogP contribution is -2.33. The molecule has 2 heteroatoms. The minimum Gasteiger partial charge on any atom is -0.323 e. The van der Waals surface area contributed by atoms with E-state index in [1.54, 1.807) is 0 Å². The lowest BCUT2D eigenvalue weighted by Gasteiger charge is -2.37. The van der Waals surface area contributed by atoms with E-state index in [1.807, 2.05) is 12.4 Å². The summed E-state index contributed by atoms with van der Waals surface area (Å²) in [4.78, 5) is 4.31. The Balaban J connectivity index is 2.04. The minimum absolute atomic E-state index is 0.121. The second kappa shape index (κ2) is 5.76. The molecule has 0 radical (unpaired) electrons. The molecule has 1 aliphatic rings. The first-order chi connectivity index (χ1) is 10.1. The molecule has 1 saturated carbocycles. The smallest absolute Gasteiger partial charge is 0.0358 e. The SMILES string of the molecule is CC(C)CC1(C(N)c2cccc3ccncc23)CCCC1. The number of benzene rings is 1. The highest BCUT2D eigenvalue weighted by Crippen LogP contribution is 2.51. The van der Waals surface area contributed by atoms with E-state index in [0.29, 0.717) is 5.92 Å². The summed E-state index contributed by atoms with van der Waals surface area (Å²) in [5, 5.41) is 2.47. The van der Waals surface area contributed by atoms with Gasteiger partial charge in [0.25, 0.3) is 0 Å². The third-order valence-electron chi connectivity index (χ3n) is 5.13. The van der Waals surface area contributed by atoms with E-state index < -0.39 is 0 Å². The van der Waals surface area contributed by atoms with Gasteiger partial charge in [-0.15, -0.1) is 0 Å². The Morgan fingerprint density at radius 1 is 1.19 bits per heavy atom. The molecule has 21 heavy (non-hydrogen) atoms. The molecule has 0 spiro atoms. The van der Waals surface area contributed by atoms with Crippen LogP contribution in [0.4, 0.5) is 0 Å². The van der Waals surface area contributed by atoms with Crippen LogP contribution >= 0.6 is 0 Å². The molecule has 0 bridgehead atoms. The van der Waals surface area contributed by atoms with Gasteiger partial charge in [0.2, 0.25) is 0 Å². The van der Waals surface area contributed by atoms with E-state index in [1.165, 1.54) is 48.4 Å². The first-order valence-corrected chi connectivity index (χ1v) is 8.21. The minimum atomic E-state index is 0.121. The van der Waals surface area contributed by atoms with Crippen LogP contribution in [0.2, 0.25) is 0 Å². The molecule has 0 amide bonds. The molecule has 1 unspecified atom stereocenters. The van der Waals surface area contributed by atoms with Crippen LogP contribution < -0.4 is 5.73 Å². The first-order valence-electron chi connectivity index (χ1n) is 8.21. The van der Waals surface area contributed by atoms with E-state index in [2.05, 4.69) is 43.1 Å². The molecule has 1 aromatic carbocycles. The highest BCUT2D eigenvalue weighted by molar-refractivity contribution is 5.85. The largest absolute Gasteiger partial charge is 0.323 e. The molecular formula is C19H26N2. The number of hydrogen-bond acceptors (Lipinski definition) is 2.